The lowest BCUT2D eigenvalue weighted by molar-refractivity contribution is 0.0952. The molecule has 0 aromatic carbocycles. The van der Waals surface area contributed by atoms with Crippen LogP contribution >= 0.6 is 0 Å². The topological polar surface area (TPSA) is 57.3 Å². The first-order valence-electron chi connectivity index (χ1n) is 7.17. The van der Waals surface area contributed by atoms with Crippen molar-refractivity contribution in [3.05, 3.63) is 24.0 Å². The maximum Gasteiger partial charge on any atom is 0.252 e. The molecule has 0 fully saturated rings. The van der Waals surface area contributed by atoms with Gasteiger partial charge in [0.25, 0.3) is 5.91 Å². The summed E-state index contributed by atoms with van der Waals surface area (Å²) in [6.07, 6.45) is 5.32. The molecule has 1 rings (SSSR count). The van der Waals surface area contributed by atoms with Crippen LogP contribution in [0.5, 0.6) is 0 Å². The Kier molecular flexibility index (Phi) is 7.01. The highest BCUT2D eigenvalue weighted by Gasteiger charge is 2.07. The first-order valence-corrected chi connectivity index (χ1v) is 7.17. The normalized spacial score (nSPS) is 12.2. The predicted molar refractivity (Wildman–Crippen MR) is 83.1 cm³/mol. The standard InChI is InChI=1S/C15H26N4O/c1-5-12(2)18-14-9-13(10-16-11-14)15(20)17-7-6-8-19(3)4/h9-12,18H,5-8H2,1-4H3,(H,17,20). The van der Waals surface area contributed by atoms with E-state index in [0.717, 1.165) is 25.1 Å². The molecular weight excluding hydrogens is 252 g/mol. The Bertz CT molecular complexity index is 420. The summed E-state index contributed by atoms with van der Waals surface area (Å²) in [7, 11) is 4.05. The quantitative estimate of drug-likeness (QED) is 0.714. The monoisotopic (exact) mass is 278 g/mol. The number of carbonyl (C=O) groups excluding carboxylic acids is 1. The van der Waals surface area contributed by atoms with E-state index >= 15 is 0 Å². The van der Waals surface area contributed by atoms with Gasteiger partial charge in [0.2, 0.25) is 0 Å². The number of aromatic nitrogens is 1. The molecule has 0 aliphatic carbocycles. The molecule has 2 N–H and O–H groups in total. The van der Waals surface area contributed by atoms with Crippen molar-refractivity contribution in [1.29, 1.82) is 0 Å². The number of hydrogen-bond donors (Lipinski definition) is 2. The third-order valence-electron chi connectivity index (χ3n) is 3.09. The summed E-state index contributed by atoms with van der Waals surface area (Å²) < 4.78 is 0. The van der Waals surface area contributed by atoms with Gasteiger partial charge in [-0.1, -0.05) is 6.92 Å². The van der Waals surface area contributed by atoms with E-state index in [4.69, 9.17) is 0 Å². The summed E-state index contributed by atoms with van der Waals surface area (Å²) in [4.78, 5) is 18.2. The third-order valence-corrected chi connectivity index (χ3v) is 3.09. The average molecular weight is 278 g/mol. The molecular formula is C15H26N4O. The molecule has 0 aliphatic heterocycles. The summed E-state index contributed by atoms with van der Waals surface area (Å²) in [6.45, 7) is 5.87. The van der Waals surface area contributed by atoms with Crippen molar-refractivity contribution < 1.29 is 4.79 Å². The largest absolute Gasteiger partial charge is 0.381 e. The molecule has 1 atom stereocenters. The molecule has 0 saturated heterocycles. The Balaban J connectivity index is 2.49. The van der Waals surface area contributed by atoms with Crippen LogP contribution in [0.25, 0.3) is 0 Å². The minimum absolute atomic E-state index is 0.0657. The summed E-state index contributed by atoms with van der Waals surface area (Å²) in [5.41, 5.74) is 1.49. The SMILES string of the molecule is CCC(C)Nc1cncc(C(=O)NCCCN(C)C)c1. The molecule has 112 valence electrons. The van der Waals surface area contributed by atoms with Crippen molar-refractivity contribution in [1.82, 2.24) is 15.2 Å². The molecule has 20 heavy (non-hydrogen) atoms. The first-order chi connectivity index (χ1) is 9.52. The minimum atomic E-state index is -0.0657. The van der Waals surface area contributed by atoms with Gasteiger partial charge in [-0.2, -0.15) is 0 Å². The number of amides is 1. The third kappa shape index (κ3) is 6.02. The van der Waals surface area contributed by atoms with Crippen LogP contribution in [0.4, 0.5) is 5.69 Å². The van der Waals surface area contributed by atoms with E-state index in [-0.39, 0.29) is 5.91 Å². The van der Waals surface area contributed by atoms with Crippen LogP contribution in [0, 0.1) is 0 Å². The van der Waals surface area contributed by atoms with Gasteiger partial charge in [0, 0.05) is 25.0 Å². The number of carbonyl (C=O) groups is 1. The average Bonchev–Trinajstić information content (AvgIpc) is 2.43. The highest BCUT2D eigenvalue weighted by atomic mass is 16.1. The van der Waals surface area contributed by atoms with Crippen molar-refractivity contribution in [2.45, 2.75) is 32.7 Å². The molecule has 0 spiro atoms. The number of rotatable bonds is 8. The Labute approximate surface area is 121 Å². The molecule has 5 nitrogen and oxygen atoms in total. The van der Waals surface area contributed by atoms with Crippen LogP contribution in [0.3, 0.4) is 0 Å². The van der Waals surface area contributed by atoms with Gasteiger partial charge in [-0.05, 0) is 46.5 Å². The molecule has 0 aliphatic rings. The van der Waals surface area contributed by atoms with Crippen LogP contribution in [0.15, 0.2) is 18.5 Å². The van der Waals surface area contributed by atoms with Crippen LogP contribution < -0.4 is 10.6 Å². The second kappa shape index (κ2) is 8.53. The van der Waals surface area contributed by atoms with E-state index in [1.54, 1.807) is 12.4 Å². The van der Waals surface area contributed by atoms with Crippen molar-refractivity contribution in [2.75, 3.05) is 32.5 Å². The van der Waals surface area contributed by atoms with Gasteiger partial charge >= 0.3 is 0 Å². The summed E-state index contributed by atoms with van der Waals surface area (Å²) in [5.74, 6) is -0.0657. The summed E-state index contributed by atoms with van der Waals surface area (Å²) >= 11 is 0. The second-order valence-electron chi connectivity index (χ2n) is 5.33. The lowest BCUT2D eigenvalue weighted by Gasteiger charge is -2.13. The molecule has 0 radical (unpaired) electrons. The lowest BCUT2D eigenvalue weighted by atomic mass is 10.2. The predicted octanol–water partition coefficient (Wildman–Crippen LogP) is 1.97. The number of nitrogens with one attached hydrogen (secondary N) is 2. The van der Waals surface area contributed by atoms with Gasteiger partial charge in [-0.15, -0.1) is 0 Å². The summed E-state index contributed by atoms with van der Waals surface area (Å²) in [5, 5.41) is 6.24. The van der Waals surface area contributed by atoms with Crippen molar-refractivity contribution in [2.24, 2.45) is 0 Å². The Morgan fingerprint density at radius 2 is 2.15 bits per heavy atom. The van der Waals surface area contributed by atoms with Gasteiger partial charge in [0.1, 0.15) is 0 Å². The molecule has 5 heteroatoms. The Morgan fingerprint density at radius 3 is 2.80 bits per heavy atom. The zero-order chi connectivity index (χ0) is 15.0. The highest BCUT2D eigenvalue weighted by molar-refractivity contribution is 5.94. The Morgan fingerprint density at radius 1 is 1.40 bits per heavy atom. The van der Waals surface area contributed by atoms with Crippen LogP contribution in [0.1, 0.15) is 37.0 Å². The van der Waals surface area contributed by atoms with Gasteiger partial charge in [-0.3, -0.25) is 9.78 Å². The fourth-order valence-corrected chi connectivity index (χ4v) is 1.73. The van der Waals surface area contributed by atoms with E-state index in [9.17, 15) is 4.79 Å². The maximum atomic E-state index is 12.0. The van der Waals surface area contributed by atoms with Crippen molar-refractivity contribution in [3.63, 3.8) is 0 Å². The van der Waals surface area contributed by atoms with Crippen LogP contribution in [0.2, 0.25) is 0 Å². The number of nitrogens with zero attached hydrogens (tertiary/aromatic N) is 2. The molecule has 1 amide bonds. The zero-order valence-electron chi connectivity index (χ0n) is 12.9. The smallest absolute Gasteiger partial charge is 0.252 e. The number of hydrogen-bond acceptors (Lipinski definition) is 4. The van der Waals surface area contributed by atoms with Crippen LogP contribution in [-0.2, 0) is 0 Å². The van der Waals surface area contributed by atoms with Gasteiger partial charge in [-0.25, -0.2) is 0 Å². The zero-order valence-corrected chi connectivity index (χ0v) is 12.9. The Hall–Kier alpha value is -1.62. The minimum Gasteiger partial charge on any atom is -0.381 e. The summed E-state index contributed by atoms with van der Waals surface area (Å²) in [6, 6.07) is 2.22. The highest BCUT2D eigenvalue weighted by Crippen LogP contribution is 2.10. The molecule has 1 aromatic rings. The first kappa shape index (κ1) is 16.4. The van der Waals surface area contributed by atoms with E-state index in [0.29, 0.717) is 18.2 Å². The fraction of sp³-hybridized carbons (Fsp3) is 0.600. The lowest BCUT2D eigenvalue weighted by Crippen LogP contribution is -2.27. The van der Waals surface area contributed by atoms with Crippen molar-refractivity contribution in [3.8, 4) is 0 Å². The van der Waals surface area contributed by atoms with E-state index in [1.165, 1.54) is 0 Å². The van der Waals surface area contributed by atoms with Crippen LogP contribution in [-0.4, -0.2) is 49.0 Å². The maximum absolute atomic E-state index is 12.0. The van der Waals surface area contributed by atoms with Crippen molar-refractivity contribution >= 4 is 11.6 Å². The van der Waals surface area contributed by atoms with Gasteiger partial charge in [0.05, 0.1) is 11.3 Å². The number of anilines is 1. The van der Waals surface area contributed by atoms with E-state index in [2.05, 4.69) is 34.4 Å². The number of pyridine rings is 1. The molecule has 0 bridgehead atoms. The molecule has 1 unspecified atom stereocenters. The molecule has 0 saturated carbocycles. The van der Waals surface area contributed by atoms with Gasteiger partial charge < -0.3 is 15.5 Å². The second-order valence-corrected chi connectivity index (χ2v) is 5.33. The van der Waals surface area contributed by atoms with E-state index in [1.807, 2.05) is 20.2 Å². The molecule has 1 heterocycles. The molecule has 1 aromatic heterocycles. The fourth-order valence-electron chi connectivity index (χ4n) is 1.73. The van der Waals surface area contributed by atoms with E-state index < -0.39 is 0 Å². The van der Waals surface area contributed by atoms with Gasteiger partial charge in [0.15, 0.2) is 0 Å².